The van der Waals surface area contributed by atoms with E-state index in [-0.39, 0.29) is 31.0 Å². The van der Waals surface area contributed by atoms with Crippen molar-refractivity contribution in [1.29, 1.82) is 0 Å². The third kappa shape index (κ3) is 3.26. The minimum atomic E-state index is -0.234. The molecule has 0 fully saturated rings. The van der Waals surface area contributed by atoms with E-state index >= 15 is 0 Å². The highest BCUT2D eigenvalue weighted by Crippen LogP contribution is 2.18. The van der Waals surface area contributed by atoms with Gasteiger partial charge in [-0.15, -0.1) is 6.42 Å². The number of fused-ring (bicyclic) bond motifs is 2. The fourth-order valence-corrected chi connectivity index (χ4v) is 3.33. The average molecular weight is 370 g/mol. The van der Waals surface area contributed by atoms with Gasteiger partial charge in [0.05, 0.1) is 24.0 Å². The zero-order chi connectivity index (χ0) is 19.5. The standard InChI is InChI=1S/C22H18N4O2/c1-2-11-26-22(28)18-9-4-3-8-17(18)20(25-26)14-24-21(27)12-15-13-23-19-10-6-5-7-16(15)19/h1,3-10,13,23H,11-12,14H2,(H,24,27). The molecule has 4 rings (SSSR count). The molecule has 0 radical (unpaired) electrons. The highest BCUT2D eigenvalue weighted by molar-refractivity contribution is 5.89. The minimum Gasteiger partial charge on any atom is -0.361 e. The summed E-state index contributed by atoms with van der Waals surface area (Å²) < 4.78 is 1.25. The molecule has 0 saturated heterocycles. The topological polar surface area (TPSA) is 79.8 Å². The Hall–Kier alpha value is -3.85. The van der Waals surface area contributed by atoms with E-state index in [1.807, 2.05) is 42.6 Å². The van der Waals surface area contributed by atoms with Crippen LogP contribution in [0.5, 0.6) is 0 Å². The number of nitrogens with one attached hydrogen (secondary N) is 2. The molecule has 0 aliphatic carbocycles. The summed E-state index contributed by atoms with van der Waals surface area (Å²) in [7, 11) is 0. The molecule has 0 unspecified atom stereocenters. The Morgan fingerprint density at radius 3 is 2.61 bits per heavy atom. The van der Waals surface area contributed by atoms with Crippen LogP contribution in [0, 0.1) is 12.3 Å². The lowest BCUT2D eigenvalue weighted by Crippen LogP contribution is -2.29. The number of rotatable bonds is 5. The molecule has 4 aromatic rings. The van der Waals surface area contributed by atoms with Gasteiger partial charge >= 0.3 is 0 Å². The van der Waals surface area contributed by atoms with Crippen LogP contribution in [0.3, 0.4) is 0 Å². The summed E-state index contributed by atoms with van der Waals surface area (Å²) in [6.45, 7) is 0.298. The lowest BCUT2D eigenvalue weighted by atomic mass is 10.1. The van der Waals surface area contributed by atoms with Crippen molar-refractivity contribution in [3.8, 4) is 12.3 Å². The number of hydrogen-bond acceptors (Lipinski definition) is 3. The smallest absolute Gasteiger partial charge is 0.275 e. The molecule has 28 heavy (non-hydrogen) atoms. The third-order valence-electron chi connectivity index (χ3n) is 4.66. The molecule has 1 amide bonds. The van der Waals surface area contributed by atoms with Crippen molar-refractivity contribution in [2.24, 2.45) is 0 Å². The van der Waals surface area contributed by atoms with Crippen LogP contribution in [0.2, 0.25) is 0 Å². The van der Waals surface area contributed by atoms with E-state index in [2.05, 4.69) is 21.3 Å². The zero-order valence-corrected chi connectivity index (χ0v) is 15.1. The van der Waals surface area contributed by atoms with Gasteiger partial charge in [0.25, 0.3) is 5.56 Å². The molecular formula is C22H18N4O2. The largest absolute Gasteiger partial charge is 0.361 e. The summed E-state index contributed by atoms with van der Waals surface area (Å²) in [5.41, 5.74) is 2.31. The van der Waals surface area contributed by atoms with E-state index in [1.54, 1.807) is 12.1 Å². The average Bonchev–Trinajstić information content (AvgIpc) is 3.12. The molecule has 0 atom stereocenters. The van der Waals surface area contributed by atoms with Gasteiger partial charge in [0.2, 0.25) is 5.91 Å². The molecule has 2 N–H and O–H groups in total. The van der Waals surface area contributed by atoms with Crippen molar-refractivity contribution in [3.05, 3.63) is 76.3 Å². The van der Waals surface area contributed by atoms with Crippen LogP contribution < -0.4 is 10.9 Å². The first-order chi connectivity index (χ1) is 13.7. The van der Waals surface area contributed by atoms with Crippen LogP contribution in [-0.2, 0) is 24.3 Å². The molecule has 0 spiro atoms. The van der Waals surface area contributed by atoms with E-state index in [9.17, 15) is 9.59 Å². The van der Waals surface area contributed by atoms with Crippen LogP contribution in [0.15, 0.2) is 59.5 Å². The monoisotopic (exact) mass is 370 g/mol. The van der Waals surface area contributed by atoms with Gasteiger partial charge in [-0.1, -0.05) is 42.3 Å². The van der Waals surface area contributed by atoms with Gasteiger partial charge in [0, 0.05) is 22.5 Å². The number of nitrogens with zero attached hydrogens (tertiary/aromatic N) is 2. The first kappa shape index (κ1) is 17.6. The van der Waals surface area contributed by atoms with Crippen LogP contribution in [0.25, 0.3) is 21.7 Å². The van der Waals surface area contributed by atoms with E-state index < -0.39 is 0 Å². The highest BCUT2D eigenvalue weighted by atomic mass is 16.1. The van der Waals surface area contributed by atoms with Crippen molar-refractivity contribution >= 4 is 27.6 Å². The summed E-state index contributed by atoms with van der Waals surface area (Å²) >= 11 is 0. The molecule has 2 aromatic heterocycles. The first-order valence-electron chi connectivity index (χ1n) is 8.91. The Labute approximate surface area is 161 Å². The maximum absolute atomic E-state index is 12.5. The Kier molecular flexibility index (Phi) is 4.65. The minimum absolute atomic E-state index is 0.0833. The van der Waals surface area contributed by atoms with Crippen molar-refractivity contribution in [2.75, 3.05) is 0 Å². The Balaban J connectivity index is 1.57. The predicted molar refractivity (Wildman–Crippen MR) is 109 cm³/mol. The number of aromatic nitrogens is 3. The molecule has 2 aromatic carbocycles. The van der Waals surface area contributed by atoms with Crippen molar-refractivity contribution in [2.45, 2.75) is 19.5 Å². The van der Waals surface area contributed by atoms with E-state index in [4.69, 9.17) is 6.42 Å². The molecular weight excluding hydrogens is 352 g/mol. The first-order valence-corrected chi connectivity index (χ1v) is 8.91. The summed E-state index contributed by atoms with van der Waals surface area (Å²) in [6.07, 6.45) is 7.45. The van der Waals surface area contributed by atoms with Crippen molar-refractivity contribution in [3.63, 3.8) is 0 Å². The van der Waals surface area contributed by atoms with Gasteiger partial charge in [-0.25, -0.2) is 4.68 Å². The highest BCUT2D eigenvalue weighted by Gasteiger charge is 2.12. The summed E-state index contributed by atoms with van der Waals surface area (Å²) in [5, 5.41) is 9.53. The summed E-state index contributed by atoms with van der Waals surface area (Å²) in [4.78, 5) is 28.1. The second-order valence-corrected chi connectivity index (χ2v) is 6.47. The van der Waals surface area contributed by atoms with Gasteiger partial charge in [-0.05, 0) is 17.7 Å². The Morgan fingerprint density at radius 2 is 1.82 bits per heavy atom. The second-order valence-electron chi connectivity index (χ2n) is 6.47. The number of H-pyrrole nitrogens is 1. The molecule has 0 aliphatic rings. The SMILES string of the molecule is C#CCn1nc(CNC(=O)Cc2c[nH]c3ccccc23)c2ccccc2c1=O. The van der Waals surface area contributed by atoms with E-state index in [1.165, 1.54) is 4.68 Å². The number of carbonyl (C=O) groups excluding carboxylic acids is 1. The molecule has 0 bridgehead atoms. The van der Waals surface area contributed by atoms with E-state index in [0.29, 0.717) is 16.5 Å². The van der Waals surface area contributed by atoms with Crippen LogP contribution in [-0.4, -0.2) is 20.7 Å². The number of aromatic amines is 1. The van der Waals surface area contributed by atoms with Crippen molar-refractivity contribution in [1.82, 2.24) is 20.1 Å². The summed E-state index contributed by atoms with van der Waals surface area (Å²) in [6, 6.07) is 15.1. The predicted octanol–water partition coefficient (Wildman–Crippen LogP) is 2.37. The number of amides is 1. The summed E-state index contributed by atoms with van der Waals surface area (Å²) in [5.74, 6) is 2.32. The fourth-order valence-electron chi connectivity index (χ4n) is 3.33. The Bertz CT molecular complexity index is 1280. The molecule has 6 heteroatoms. The van der Waals surface area contributed by atoms with Gasteiger partial charge in [0.15, 0.2) is 0 Å². The number of benzene rings is 2. The van der Waals surface area contributed by atoms with Crippen LogP contribution in [0.4, 0.5) is 0 Å². The molecule has 0 saturated carbocycles. The normalized spacial score (nSPS) is 10.8. The molecule has 0 aliphatic heterocycles. The van der Waals surface area contributed by atoms with Gasteiger partial charge in [-0.2, -0.15) is 5.10 Å². The van der Waals surface area contributed by atoms with Crippen molar-refractivity contribution < 1.29 is 4.79 Å². The Morgan fingerprint density at radius 1 is 1.11 bits per heavy atom. The van der Waals surface area contributed by atoms with Gasteiger partial charge in [0.1, 0.15) is 6.54 Å². The van der Waals surface area contributed by atoms with Gasteiger partial charge in [-0.3, -0.25) is 9.59 Å². The van der Waals surface area contributed by atoms with E-state index in [0.717, 1.165) is 16.5 Å². The second kappa shape index (κ2) is 7.41. The quantitative estimate of drug-likeness (QED) is 0.529. The van der Waals surface area contributed by atoms with Gasteiger partial charge < -0.3 is 10.3 Å². The number of para-hydroxylation sites is 1. The fraction of sp³-hybridized carbons (Fsp3) is 0.136. The maximum Gasteiger partial charge on any atom is 0.275 e. The molecule has 2 heterocycles. The zero-order valence-electron chi connectivity index (χ0n) is 15.1. The van der Waals surface area contributed by atoms with Crippen LogP contribution in [0.1, 0.15) is 11.3 Å². The number of terminal acetylenes is 1. The lowest BCUT2D eigenvalue weighted by molar-refractivity contribution is -0.120. The number of carbonyl (C=O) groups is 1. The maximum atomic E-state index is 12.5. The third-order valence-corrected chi connectivity index (χ3v) is 4.66. The molecule has 138 valence electrons. The molecule has 6 nitrogen and oxygen atoms in total. The number of hydrogen-bond donors (Lipinski definition) is 2. The lowest BCUT2D eigenvalue weighted by Gasteiger charge is -2.10. The van der Waals surface area contributed by atoms with Crippen LogP contribution >= 0.6 is 0 Å².